The molecule has 0 aromatic heterocycles. The third-order valence-electron chi connectivity index (χ3n) is 5.21. The lowest BCUT2D eigenvalue weighted by molar-refractivity contribution is -0.172. The van der Waals surface area contributed by atoms with Crippen LogP contribution in [0.3, 0.4) is 0 Å². The average Bonchev–Trinajstić information content (AvgIpc) is 2.78. The Morgan fingerprint density at radius 3 is 2.07 bits per heavy atom. The summed E-state index contributed by atoms with van der Waals surface area (Å²) in [5.41, 5.74) is 0. The van der Waals surface area contributed by atoms with Gasteiger partial charge in [-0.25, -0.2) is 4.79 Å². The number of aliphatic carboxylic acids is 1. The zero-order valence-corrected chi connectivity index (χ0v) is 19.5. The molecule has 0 saturated carbocycles. The SMILES string of the molecule is CO[C@@H](C(=O)O)[C@@H]1OC(C)(C)O[C@H]1[C@@H](/C=C/C(C)C)O[Si](C)(C)C(C)(C)C. The van der Waals surface area contributed by atoms with Crippen LogP contribution in [-0.2, 0) is 23.4 Å². The fourth-order valence-corrected chi connectivity index (χ4v) is 3.99. The molecule has 0 aromatic rings. The average molecular weight is 403 g/mol. The zero-order chi connectivity index (χ0) is 21.2. The van der Waals surface area contributed by atoms with Crippen LogP contribution in [0.2, 0.25) is 18.1 Å². The summed E-state index contributed by atoms with van der Waals surface area (Å²) in [4.78, 5) is 11.7. The molecule has 0 unspecified atom stereocenters. The van der Waals surface area contributed by atoms with Crippen molar-refractivity contribution in [1.82, 2.24) is 0 Å². The maximum Gasteiger partial charge on any atom is 0.335 e. The summed E-state index contributed by atoms with van der Waals surface area (Å²) in [7, 11) is -0.757. The fraction of sp³-hybridized carbons (Fsp3) is 0.850. The van der Waals surface area contributed by atoms with Crippen LogP contribution < -0.4 is 0 Å². The minimum Gasteiger partial charge on any atom is -0.479 e. The number of allylic oxidation sites excluding steroid dienone is 1. The van der Waals surface area contributed by atoms with Crippen LogP contribution in [0.25, 0.3) is 0 Å². The Balaban J connectivity index is 3.29. The Morgan fingerprint density at radius 1 is 1.15 bits per heavy atom. The van der Waals surface area contributed by atoms with E-state index in [-0.39, 0.29) is 5.04 Å². The highest BCUT2D eigenvalue weighted by Gasteiger charge is 2.52. The molecule has 1 rings (SSSR count). The second-order valence-electron chi connectivity index (χ2n) is 9.53. The van der Waals surface area contributed by atoms with Gasteiger partial charge >= 0.3 is 5.97 Å². The normalized spacial score (nSPS) is 25.9. The first kappa shape index (κ1) is 24.3. The van der Waals surface area contributed by atoms with Crippen molar-refractivity contribution >= 4 is 14.3 Å². The maximum atomic E-state index is 11.7. The molecule has 1 saturated heterocycles. The molecule has 1 N–H and O–H groups in total. The van der Waals surface area contributed by atoms with Gasteiger partial charge in [0.25, 0.3) is 0 Å². The molecule has 1 heterocycles. The van der Waals surface area contributed by atoms with Crippen molar-refractivity contribution in [3.8, 4) is 0 Å². The second-order valence-corrected chi connectivity index (χ2v) is 14.3. The minimum atomic E-state index is -2.13. The van der Waals surface area contributed by atoms with Crippen molar-refractivity contribution in [2.45, 2.75) is 96.8 Å². The number of rotatable bonds is 8. The highest BCUT2D eigenvalue weighted by molar-refractivity contribution is 6.74. The fourth-order valence-electron chi connectivity index (χ4n) is 2.75. The lowest BCUT2D eigenvalue weighted by atomic mass is 10.0. The quantitative estimate of drug-likeness (QED) is 0.484. The van der Waals surface area contributed by atoms with Crippen LogP contribution in [0.1, 0.15) is 48.5 Å². The van der Waals surface area contributed by atoms with Gasteiger partial charge in [-0.05, 0) is 37.9 Å². The molecule has 0 spiro atoms. The van der Waals surface area contributed by atoms with Gasteiger partial charge in [0.05, 0.1) is 6.10 Å². The first-order valence-corrected chi connectivity index (χ1v) is 12.5. The first-order chi connectivity index (χ1) is 12.1. The van der Waals surface area contributed by atoms with E-state index in [0.717, 1.165) is 0 Å². The lowest BCUT2D eigenvalue weighted by Crippen LogP contribution is -2.52. The molecule has 27 heavy (non-hydrogen) atoms. The van der Waals surface area contributed by atoms with Crippen molar-refractivity contribution in [2.24, 2.45) is 5.92 Å². The largest absolute Gasteiger partial charge is 0.479 e. The molecule has 4 atom stereocenters. The molecule has 0 radical (unpaired) electrons. The van der Waals surface area contributed by atoms with Gasteiger partial charge in [0.15, 0.2) is 20.2 Å². The van der Waals surface area contributed by atoms with E-state index in [1.165, 1.54) is 7.11 Å². The van der Waals surface area contributed by atoms with Crippen molar-refractivity contribution < 1.29 is 28.5 Å². The molecule has 0 aliphatic carbocycles. The van der Waals surface area contributed by atoms with Gasteiger partial charge < -0.3 is 23.7 Å². The molecule has 0 bridgehead atoms. The van der Waals surface area contributed by atoms with Crippen LogP contribution in [0, 0.1) is 5.92 Å². The Morgan fingerprint density at radius 2 is 1.67 bits per heavy atom. The molecule has 1 aliphatic heterocycles. The standard InChI is InChI=1S/C20H38O6Si/c1-13(2)11-12-14(26-27(9,10)19(3,4)5)15-16(17(23-8)18(21)22)25-20(6,7)24-15/h11-17H,1-10H3,(H,21,22)/b12-11+/t14-,15+,16-,17-/m1/s1. The summed E-state index contributed by atoms with van der Waals surface area (Å²) in [5.74, 6) is -1.66. The van der Waals surface area contributed by atoms with E-state index in [1.807, 2.05) is 6.08 Å². The second kappa shape index (κ2) is 8.74. The Bertz CT molecular complexity index is 535. The molecule has 0 amide bonds. The molecule has 7 heteroatoms. The third-order valence-corrected chi connectivity index (χ3v) is 9.68. The zero-order valence-electron chi connectivity index (χ0n) is 18.5. The van der Waals surface area contributed by atoms with Gasteiger partial charge in [-0.15, -0.1) is 0 Å². The van der Waals surface area contributed by atoms with Crippen LogP contribution in [0.4, 0.5) is 0 Å². The van der Waals surface area contributed by atoms with Crippen molar-refractivity contribution in [3.63, 3.8) is 0 Å². The van der Waals surface area contributed by atoms with Crippen LogP contribution >= 0.6 is 0 Å². The predicted octanol–water partition coefficient (Wildman–Crippen LogP) is 4.21. The topological polar surface area (TPSA) is 74.2 Å². The van der Waals surface area contributed by atoms with E-state index >= 15 is 0 Å². The summed E-state index contributed by atoms with van der Waals surface area (Å²) in [6.45, 7) is 18.6. The number of carboxylic acid groups (broad SMARTS) is 1. The van der Waals surface area contributed by atoms with Crippen molar-refractivity contribution in [2.75, 3.05) is 7.11 Å². The maximum absolute atomic E-state index is 11.7. The van der Waals surface area contributed by atoms with Crippen LogP contribution in [0.15, 0.2) is 12.2 Å². The van der Waals surface area contributed by atoms with Crippen LogP contribution in [0.5, 0.6) is 0 Å². The van der Waals surface area contributed by atoms with Crippen LogP contribution in [-0.4, -0.2) is 56.7 Å². The third kappa shape index (κ3) is 6.39. The molecule has 1 aliphatic rings. The number of methoxy groups -OCH3 is 1. The molecule has 0 aromatic carbocycles. The summed E-state index contributed by atoms with van der Waals surface area (Å²) >= 11 is 0. The molecular formula is C20H38O6Si. The van der Waals surface area contributed by atoms with Gasteiger partial charge in [-0.2, -0.15) is 0 Å². The van der Waals surface area contributed by atoms with E-state index in [4.69, 9.17) is 18.6 Å². The molecule has 158 valence electrons. The number of carbonyl (C=O) groups is 1. The summed E-state index contributed by atoms with van der Waals surface area (Å²) < 4.78 is 23.9. The number of carboxylic acids is 1. The van der Waals surface area contributed by atoms with Crippen molar-refractivity contribution in [3.05, 3.63) is 12.2 Å². The van der Waals surface area contributed by atoms with E-state index in [9.17, 15) is 9.90 Å². The minimum absolute atomic E-state index is 0.00878. The van der Waals surface area contributed by atoms with Gasteiger partial charge in [0.1, 0.15) is 12.2 Å². The Hall–Kier alpha value is -0.733. The van der Waals surface area contributed by atoms with Gasteiger partial charge in [0, 0.05) is 7.11 Å². The highest BCUT2D eigenvalue weighted by atomic mass is 28.4. The number of ether oxygens (including phenoxy) is 3. The highest BCUT2D eigenvalue weighted by Crippen LogP contribution is 2.40. The lowest BCUT2D eigenvalue weighted by Gasteiger charge is -2.40. The number of hydrogen-bond acceptors (Lipinski definition) is 5. The predicted molar refractivity (Wildman–Crippen MR) is 108 cm³/mol. The Kier molecular flexibility index (Phi) is 7.87. The first-order valence-electron chi connectivity index (χ1n) is 9.58. The molecular weight excluding hydrogens is 364 g/mol. The molecule has 1 fully saturated rings. The Labute approximate surface area is 165 Å². The summed E-state index contributed by atoms with van der Waals surface area (Å²) in [5, 5.41) is 9.58. The van der Waals surface area contributed by atoms with E-state index < -0.39 is 44.5 Å². The van der Waals surface area contributed by atoms with Gasteiger partial charge in [0.2, 0.25) is 0 Å². The monoisotopic (exact) mass is 402 g/mol. The molecule has 6 nitrogen and oxygen atoms in total. The smallest absolute Gasteiger partial charge is 0.335 e. The van der Waals surface area contributed by atoms with Gasteiger partial charge in [-0.1, -0.05) is 46.8 Å². The number of hydrogen-bond donors (Lipinski definition) is 1. The van der Waals surface area contributed by atoms with Gasteiger partial charge in [-0.3, -0.25) is 0 Å². The van der Waals surface area contributed by atoms with E-state index in [1.54, 1.807) is 13.8 Å². The van der Waals surface area contributed by atoms with Crippen molar-refractivity contribution in [1.29, 1.82) is 0 Å². The van der Waals surface area contributed by atoms with E-state index in [0.29, 0.717) is 5.92 Å². The summed E-state index contributed by atoms with van der Waals surface area (Å²) in [6.07, 6.45) is 1.15. The summed E-state index contributed by atoms with van der Waals surface area (Å²) in [6, 6.07) is 0. The van der Waals surface area contributed by atoms with E-state index in [2.05, 4.69) is 53.8 Å².